The van der Waals surface area contributed by atoms with E-state index in [1.165, 1.54) is 22.3 Å². The van der Waals surface area contributed by atoms with E-state index in [1.54, 1.807) is 6.20 Å². The van der Waals surface area contributed by atoms with Gasteiger partial charge in [-0.05, 0) is 63.4 Å². The normalized spacial score (nSPS) is 10.7. The van der Waals surface area contributed by atoms with E-state index in [0.717, 1.165) is 23.7 Å². The number of benzene rings is 2. The second-order valence-electron chi connectivity index (χ2n) is 6.62. The maximum absolute atomic E-state index is 4.69. The molecule has 2 aromatic carbocycles. The van der Waals surface area contributed by atoms with Crippen LogP contribution in [0.5, 0.6) is 0 Å². The average molecular weight is 347 g/mol. The minimum atomic E-state index is 0.503. The molecule has 5 heteroatoms. The molecule has 0 amide bonds. The summed E-state index contributed by atoms with van der Waals surface area (Å²) in [4.78, 5) is 6.82. The van der Waals surface area contributed by atoms with E-state index in [9.17, 15) is 0 Å². The summed E-state index contributed by atoms with van der Waals surface area (Å²) in [6.45, 7) is 11.3. The minimum Gasteiger partial charge on any atom is -0.325 e. The predicted octanol–water partition coefficient (Wildman–Crippen LogP) is 5.01. The Balaban J connectivity index is 1.93. The second-order valence-corrected chi connectivity index (χ2v) is 6.62. The molecule has 1 aromatic heterocycles. The molecule has 0 bridgehead atoms. The third-order valence-electron chi connectivity index (χ3n) is 4.37. The van der Waals surface area contributed by atoms with E-state index in [4.69, 9.17) is 4.98 Å². The summed E-state index contributed by atoms with van der Waals surface area (Å²) in [5.41, 5.74) is 6.93. The van der Waals surface area contributed by atoms with Crippen LogP contribution in [0.4, 0.5) is 23.1 Å². The van der Waals surface area contributed by atoms with Crippen molar-refractivity contribution in [1.29, 1.82) is 0 Å². The van der Waals surface area contributed by atoms with Crippen molar-refractivity contribution in [3.8, 4) is 0 Å². The molecule has 0 saturated carbocycles. The van der Waals surface area contributed by atoms with Gasteiger partial charge in [0.05, 0.1) is 6.20 Å². The second kappa shape index (κ2) is 7.52. The number of hydrogen-bond acceptors (Lipinski definition) is 5. The summed E-state index contributed by atoms with van der Waals surface area (Å²) in [7, 11) is 0. The summed E-state index contributed by atoms with van der Waals surface area (Å²) in [6, 6.07) is 12.7. The summed E-state index contributed by atoms with van der Waals surface area (Å²) < 4.78 is 0. The number of nitrogens with one attached hydrogen (secondary N) is 1. The van der Waals surface area contributed by atoms with Crippen molar-refractivity contribution < 1.29 is 0 Å². The van der Waals surface area contributed by atoms with E-state index in [2.05, 4.69) is 91.4 Å². The lowest BCUT2D eigenvalue weighted by atomic mass is 10.1. The van der Waals surface area contributed by atoms with Gasteiger partial charge in [-0.1, -0.05) is 29.8 Å². The van der Waals surface area contributed by atoms with Crippen LogP contribution < -0.4 is 10.2 Å². The van der Waals surface area contributed by atoms with E-state index < -0.39 is 0 Å². The summed E-state index contributed by atoms with van der Waals surface area (Å²) in [5.74, 6) is 1.28. The Labute approximate surface area is 155 Å². The van der Waals surface area contributed by atoms with Crippen LogP contribution in [0.15, 0.2) is 42.6 Å². The molecule has 0 aliphatic carbocycles. The Morgan fingerprint density at radius 2 is 1.69 bits per heavy atom. The first kappa shape index (κ1) is 17.9. The van der Waals surface area contributed by atoms with Crippen molar-refractivity contribution >= 4 is 23.1 Å². The van der Waals surface area contributed by atoms with E-state index >= 15 is 0 Å². The number of hydrogen-bond donors (Lipinski definition) is 1. The number of aryl methyl sites for hydroxylation is 4. The predicted molar refractivity (Wildman–Crippen MR) is 108 cm³/mol. The van der Waals surface area contributed by atoms with Crippen LogP contribution in [0.3, 0.4) is 0 Å². The lowest BCUT2D eigenvalue weighted by Gasteiger charge is -2.22. The number of nitrogens with zero attached hydrogens (tertiary/aromatic N) is 4. The van der Waals surface area contributed by atoms with Crippen molar-refractivity contribution in [2.45, 2.75) is 34.6 Å². The van der Waals surface area contributed by atoms with Crippen LogP contribution in [0.2, 0.25) is 0 Å². The van der Waals surface area contributed by atoms with Gasteiger partial charge in [0.15, 0.2) is 5.82 Å². The third-order valence-corrected chi connectivity index (χ3v) is 4.37. The van der Waals surface area contributed by atoms with Crippen LogP contribution in [0.1, 0.15) is 29.2 Å². The molecule has 1 N–H and O–H groups in total. The fraction of sp³-hybridized carbons (Fsp3) is 0.286. The fourth-order valence-corrected chi connectivity index (χ4v) is 3.24. The standard InChI is InChI=1S/C21H25N5/c1-6-26(18-9-7-8-14(2)12-18)19-13-22-25-21(23-19)24-20-16(4)10-15(3)11-17(20)5/h7-13H,6H2,1-5H3,(H,23,24,25). The van der Waals surface area contributed by atoms with Gasteiger partial charge in [-0.3, -0.25) is 0 Å². The van der Waals surface area contributed by atoms with E-state index in [0.29, 0.717) is 5.95 Å². The lowest BCUT2D eigenvalue weighted by molar-refractivity contribution is 0.921. The Kier molecular flexibility index (Phi) is 5.16. The Morgan fingerprint density at radius 3 is 2.35 bits per heavy atom. The molecule has 1 heterocycles. The maximum Gasteiger partial charge on any atom is 0.249 e. The molecule has 5 nitrogen and oxygen atoms in total. The first-order chi connectivity index (χ1) is 12.5. The quantitative estimate of drug-likeness (QED) is 0.703. The first-order valence-electron chi connectivity index (χ1n) is 8.86. The smallest absolute Gasteiger partial charge is 0.249 e. The van der Waals surface area contributed by atoms with Gasteiger partial charge in [-0.2, -0.15) is 10.1 Å². The SMILES string of the molecule is CCN(c1cccc(C)c1)c1cnnc(Nc2c(C)cc(C)cc2C)n1. The monoisotopic (exact) mass is 347 g/mol. The molecule has 0 radical (unpaired) electrons. The molecule has 0 aliphatic heterocycles. The van der Waals surface area contributed by atoms with Crippen molar-refractivity contribution in [3.63, 3.8) is 0 Å². The maximum atomic E-state index is 4.69. The van der Waals surface area contributed by atoms with Crippen molar-refractivity contribution in [3.05, 3.63) is 64.8 Å². The molecule has 0 saturated heterocycles. The number of anilines is 4. The molecule has 3 aromatic rings. The van der Waals surface area contributed by atoms with Gasteiger partial charge >= 0.3 is 0 Å². The topological polar surface area (TPSA) is 53.9 Å². The lowest BCUT2D eigenvalue weighted by Crippen LogP contribution is -2.18. The number of aromatic nitrogens is 3. The van der Waals surface area contributed by atoms with Crippen LogP contribution in [-0.4, -0.2) is 21.7 Å². The Morgan fingerprint density at radius 1 is 0.962 bits per heavy atom. The highest BCUT2D eigenvalue weighted by molar-refractivity contribution is 5.65. The molecule has 0 unspecified atom stereocenters. The van der Waals surface area contributed by atoms with Crippen molar-refractivity contribution in [2.24, 2.45) is 0 Å². The van der Waals surface area contributed by atoms with Crippen LogP contribution >= 0.6 is 0 Å². The van der Waals surface area contributed by atoms with Gasteiger partial charge in [0.1, 0.15) is 0 Å². The van der Waals surface area contributed by atoms with Gasteiger partial charge in [-0.15, -0.1) is 5.10 Å². The molecule has 0 aliphatic rings. The molecular formula is C21H25N5. The van der Waals surface area contributed by atoms with Gasteiger partial charge in [0, 0.05) is 17.9 Å². The van der Waals surface area contributed by atoms with Gasteiger partial charge < -0.3 is 10.2 Å². The van der Waals surface area contributed by atoms with Gasteiger partial charge in [-0.25, -0.2) is 0 Å². The van der Waals surface area contributed by atoms with Crippen molar-refractivity contribution in [2.75, 3.05) is 16.8 Å². The van der Waals surface area contributed by atoms with Crippen LogP contribution in [-0.2, 0) is 0 Å². The zero-order valence-corrected chi connectivity index (χ0v) is 16.0. The summed E-state index contributed by atoms with van der Waals surface area (Å²) in [6.07, 6.45) is 1.70. The van der Waals surface area contributed by atoms with Crippen molar-refractivity contribution in [1.82, 2.24) is 15.2 Å². The Bertz CT molecular complexity index is 897. The largest absolute Gasteiger partial charge is 0.325 e. The Hall–Kier alpha value is -2.95. The zero-order chi connectivity index (χ0) is 18.7. The average Bonchev–Trinajstić information content (AvgIpc) is 2.59. The molecular weight excluding hydrogens is 322 g/mol. The van der Waals surface area contributed by atoms with Crippen LogP contribution in [0, 0.1) is 27.7 Å². The van der Waals surface area contributed by atoms with Gasteiger partial charge in [0.25, 0.3) is 0 Å². The van der Waals surface area contributed by atoms with E-state index in [1.807, 2.05) is 0 Å². The third kappa shape index (κ3) is 3.82. The van der Waals surface area contributed by atoms with E-state index in [-0.39, 0.29) is 0 Å². The highest BCUT2D eigenvalue weighted by atomic mass is 15.3. The van der Waals surface area contributed by atoms with Gasteiger partial charge in [0.2, 0.25) is 5.95 Å². The molecule has 134 valence electrons. The molecule has 3 rings (SSSR count). The molecule has 0 fully saturated rings. The first-order valence-corrected chi connectivity index (χ1v) is 8.86. The highest BCUT2D eigenvalue weighted by Gasteiger charge is 2.12. The molecule has 0 spiro atoms. The fourth-order valence-electron chi connectivity index (χ4n) is 3.24. The van der Waals surface area contributed by atoms with Crippen LogP contribution in [0.25, 0.3) is 0 Å². The summed E-state index contributed by atoms with van der Waals surface area (Å²) in [5, 5.41) is 11.7. The highest BCUT2D eigenvalue weighted by Crippen LogP contribution is 2.27. The number of rotatable bonds is 5. The minimum absolute atomic E-state index is 0.503. The summed E-state index contributed by atoms with van der Waals surface area (Å²) >= 11 is 0. The zero-order valence-electron chi connectivity index (χ0n) is 16.0. The molecule has 26 heavy (non-hydrogen) atoms. The molecule has 0 atom stereocenters.